The summed E-state index contributed by atoms with van der Waals surface area (Å²) in [6, 6.07) is 5.11. The predicted octanol–water partition coefficient (Wildman–Crippen LogP) is 1.90. The average Bonchev–Trinajstić information content (AvgIpc) is 2.39. The molecule has 1 N–H and O–H groups in total. The number of carbonyl (C=O) groups excluding carboxylic acids is 1. The van der Waals surface area contributed by atoms with Crippen molar-refractivity contribution in [2.45, 2.75) is 0 Å². The van der Waals surface area contributed by atoms with E-state index in [9.17, 15) is 4.79 Å². The van der Waals surface area contributed by atoms with Gasteiger partial charge in [0.05, 0.1) is 13.7 Å². The molecule has 0 spiro atoms. The molecule has 0 aliphatic heterocycles. The van der Waals surface area contributed by atoms with E-state index in [-0.39, 0.29) is 11.8 Å². The van der Waals surface area contributed by atoms with Crippen LogP contribution in [0.4, 0.5) is 5.69 Å². The lowest BCUT2D eigenvalue weighted by Gasteiger charge is -2.12. The van der Waals surface area contributed by atoms with Crippen molar-refractivity contribution in [3.05, 3.63) is 18.2 Å². The van der Waals surface area contributed by atoms with E-state index in [1.54, 1.807) is 32.4 Å². The SMILES string of the molecule is COCCOc1cc(NC(=O)CCl)ccc1OC. The Bertz CT molecular complexity index is 398. The molecule has 0 saturated heterocycles. The number of methoxy groups -OCH3 is 2. The minimum absolute atomic E-state index is 0.0914. The smallest absolute Gasteiger partial charge is 0.239 e. The maximum absolute atomic E-state index is 11.2. The van der Waals surface area contributed by atoms with Gasteiger partial charge in [0.2, 0.25) is 5.91 Å². The van der Waals surface area contributed by atoms with E-state index >= 15 is 0 Å². The van der Waals surface area contributed by atoms with Crippen LogP contribution in [0.15, 0.2) is 18.2 Å². The third-order valence-corrected chi connectivity index (χ3v) is 2.36. The van der Waals surface area contributed by atoms with E-state index in [4.69, 9.17) is 25.8 Å². The van der Waals surface area contributed by atoms with Crippen molar-refractivity contribution in [3.8, 4) is 11.5 Å². The topological polar surface area (TPSA) is 56.8 Å². The lowest BCUT2D eigenvalue weighted by Crippen LogP contribution is -2.13. The molecule has 1 rings (SSSR count). The van der Waals surface area contributed by atoms with Crippen molar-refractivity contribution in [2.24, 2.45) is 0 Å². The summed E-state index contributed by atoms with van der Waals surface area (Å²) in [6.45, 7) is 0.876. The molecule has 0 unspecified atom stereocenters. The first-order valence-corrected chi connectivity index (χ1v) is 5.90. The first-order chi connectivity index (χ1) is 8.71. The molecule has 6 heteroatoms. The highest BCUT2D eigenvalue weighted by atomic mass is 35.5. The summed E-state index contributed by atoms with van der Waals surface area (Å²) in [5, 5.41) is 2.64. The first-order valence-electron chi connectivity index (χ1n) is 5.37. The number of halogens is 1. The predicted molar refractivity (Wildman–Crippen MR) is 69.7 cm³/mol. The van der Waals surface area contributed by atoms with Crippen LogP contribution in [0.1, 0.15) is 0 Å². The van der Waals surface area contributed by atoms with Crippen molar-refractivity contribution in [1.82, 2.24) is 0 Å². The second-order valence-corrected chi connectivity index (χ2v) is 3.66. The van der Waals surface area contributed by atoms with Crippen molar-refractivity contribution in [3.63, 3.8) is 0 Å². The number of alkyl halides is 1. The summed E-state index contributed by atoms with van der Waals surface area (Å²) in [5.41, 5.74) is 0.605. The Labute approximate surface area is 111 Å². The van der Waals surface area contributed by atoms with Gasteiger partial charge in [-0.15, -0.1) is 11.6 Å². The standard InChI is InChI=1S/C12H16ClNO4/c1-16-5-6-18-11-7-9(14-12(15)8-13)3-4-10(11)17-2/h3-4,7H,5-6,8H2,1-2H3,(H,14,15). The number of hydrogen-bond donors (Lipinski definition) is 1. The zero-order valence-corrected chi connectivity index (χ0v) is 11.1. The number of benzene rings is 1. The maximum atomic E-state index is 11.2. The molecule has 0 bridgehead atoms. The van der Waals surface area contributed by atoms with Gasteiger partial charge in [0, 0.05) is 18.9 Å². The second kappa shape index (κ2) is 7.79. The summed E-state index contributed by atoms with van der Waals surface area (Å²) in [5.74, 6) is 0.771. The number of ether oxygens (including phenoxy) is 3. The van der Waals surface area contributed by atoms with Gasteiger partial charge in [-0.05, 0) is 12.1 Å². The van der Waals surface area contributed by atoms with Gasteiger partial charge in [0.25, 0.3) is 0 Å². The van der Waals surface area contributed by atoms with Crippen LogP contribution in [0.3, 0.4) is 0 Å². The number of rotatable bonds is 7. The Kier molecular flexibility index (Phi) is 6.32. The van der Waals surface area contributed by atoms with Gasteiger partial charge < -0.3 is 19.5 Å². The Balaban J connectivity index is 2.77. The molecule has 0 aliphatic rings. The third-order valence-electron chi connectivity index (χ3n) is 2.11. The van der Waals surface area contributed by atoms with Crippen molar-refractivity contribution >= 4 is 23.2 Å². The Morgan fingerprint density at radius 3 is 2.67 bits per heavy atom. The molecular weight excluding hydrogens is 258 g/mol. The van der Waals surface area contributed by atoms with Gasteiger partial charge >= 0.3 is 0 Å². The molecule has 0 atom stereocenters. The van der Waals surface area contributed by atoms with E-state index in [1.165, 1.54) is 0 Å². The normalized spacial score (nSPS) is 9.94. The van der Waals surface area contributed by atoms with Gasteiger partial charge in [-0.3, -0.25) is 4.79 Å². The molecule has 100 valence electrons. The molecule has 0 aromatic heterocycles. The van der Waals surface area contributed by atoms with Crippen molar-refractivity contribution in [2.75, 3.05) is 38.6 Å². The number of hydrogen-bond acceptors (Lipinski definition) is 4. The van der Waals surface area contributed by atoms with Crippen LogP contribution in [0.25, 0.3) is 0 Å². The van der Waals surface area contributed by atoms with Crippen LogP contribution in [-0.4, -0.2) is 39.2 Å². The van der Waals surface area contributed by atoms with Crippen LogP contribution in [-0.2, 0) is 9.53 Å². The monoisotopic (exact) mass is 273 g/mol. The molecule has 1 aromatic rings. The summed E-state index contributed by atoms with van der Waals surface area (Å²) in [6.07, 6.45) is 0. The zero-order chi connectivity index (χ0) is 13.4. The van der Waals surface area contributed by atoms with E-state index in [1.807, 2.05) is 0 Å². The molecule has 0 aliphatic carbocycles. The summed E-state index contributed by atoms with van der Waals surface area (Å²) in [7, 11) is 3.15. The zero-order valence-electron chi connectivity index (χ0n) is 10.4. The van der Waals surface area contributed by atoms with Crippen LogP contribution in [0.5, 0.6) is 11.5 Å². The number of carbonyl (C=O) groups is 1. The van der Waals surface area contributed by atoms with E-state index < -0.39 is 0 Å². The van der Waals surface area contributed by atoms with E-state index in [0.717, 1.165) is 0 Å². The van der Waals surface area contributed by atoms with E-state index in [2.05, 4.69) is 5.32 Å². The quantitative estimate of drug-likeness (QED) is 0.609. The molecule has 0 heterocycles. The third kappa shape index (κ3) is 4.43. The molecule has 0 fully saturated rings. The average molecular weight is 274 g/mol. The largest absolute Gasteiger partial charge is 0.493 e. The summed E-state index contributed by atoms with van der Waals surface area (Å²) < 4.78 is 15.5. The Morgan fingerprint density at radius 2 is 2.06 bits per heavy atom. The molecule has 5 nitrogen and oxygen atoms in total. The van der Waals surface area contributed by atoms with Crippen molar-refractivity contribution in [1.29, 1.82) is 0 Å². The Morgan fingerprint density at radius 1 is 1.28 bits per heavy atom. The fraction of sp³-hybridized carbons (Fsp3) is 0.417. The molecule has 1 aromatic carbocycles. The maximum Gasteiger partial charge on any atom is 0.239 e. The lowest BCUT2D eigenvalue weighted by atomic mass is 10.2. The van der Waals surface area contributed by atoms with Crippen LogP contribution < -0.4 is 14.8 Å². The molecule has 18 heavy (non-hydrogen) atoms. The highest BCUT2D eigenvalue weighted by Gasteiger charge is 2.07. The fourth-order valence-corrected chi connectivity index (χ4v) is 1.36. The van der Waals surface area contributed by atoms with Crippen LogP contribution in [0, 0.1) is 0 Å². The molecule has 1 amide bonds. The number of nitrogens with one attached hydrogen (secondary N) is 1. The van der Waals surface area contributed by atoms with E-state index in [0.29, 0.717) is 30.4 Å². The van der Waals surface area contributed by atoms with Gasteiger partial charge in [-0.1, -0.05) is 0 Å². The number of amides is 1. The van der Waals surface area contributed by atoms with Crippen LogP contribution in [0.2, 0.25) is 0 Å². The van der Waals surface area contributed by atoms with Gasteiger partial charge in [0.1, 0.15) is 12.5 Å². The van der Waals surface area contributed by atoms with Gasteiger partial charge in [-0.25, -0.2) is 0 Å². The molecular formula is C12H16ClNO4. The highest BCUT2D eigenvalue weighted by Crippen LogP contribution is 2.30. The second-order valence-electron chi connectivity index (χ2n) is 3.39. The fourth-order valence-electron chi connectivity index (χ4n) is 1.30. The van der Waals surface area contributed by atoms with Crippen LogP contribution >= 0.6 is 11.6 Å². The summed E-state index contributed by atoms with van der Waals surface area (Å²) in [4.78, 5) is 11.2. The lowest BCUT2D eigenvalue weighted by molar-refractivity contribution is -0.113. The minimum Gasteiger partial charge on any atom is -0.493 e. The van der Waals surface area contributed by atoms with Crippen molar-refractivity contribution < 1.29 is 19.0 Å². The first kappa shape index (κ1) is 14.6. The Hall–Kier alpha value is -1.46. The van der Waals surface area contributed by atoms with Gasteiger partial charge in [0.15, 0.2) is 11.5 Å². The molecule has 0 radical (unpaired) electrons. The van der Waals surface area contributed by atoms with Gasteiger partial charge in [-0.2, -0.15) is 0 Å². The highest BCUT2D eigenvalue weighted by molar-refractivity contribution is 6.29. The summed E-state index contributed by atoms with van der Waals surface area (Å²) >= 11 is 5.42. The minimum atomic E-state index is -0.273. The number of anilines is 1. The molecule has 0 saturated carbocycles.